The van der Waals surface area contributed by atoms with Gasteiger partial charge >= 0.3 is 0 Å². The molecule has 0 saturated carbocycles. The molecule has 2 aromatic carbocycles. The molecular weight excluding hydrogens is 551 g/mol. The zero-order valence-electron chi connectivity index (χ0n) is 22.7. The maximum Gasteiger partial charge on any atom is 0.293 e. The number of hydrogen-bond donors (Lipinski definition) is 1. The van der Waals surface area contributed by atoms with Crippen LogP contribution >= 0.6 is 23.2 Å². The molecule has 1 aliphatic rings. The van der Waals surface area contributed by atoms with E-state index in [1.165, 1.54) is 5.69 Å². The predicted octanol–water partition coefficient (Wildman–Crippen LogP) is 5.11. The monoisotopic (exact) mass is 582 g/mol. The molecule has 1 saturated heterocycles. The van der Waals surface area contributed by atoms with Gasteiger partial charge in [-0.3, -0.25) is 9.69 Å². The van der Waals surface area contributed by atoms with Gasteiger partial charge in [-0.25, -0.2) is 4.98 Å². The van der Waals surface area contributed by atoms with Gasteiger partial charge < -0.3 is 19.8 Å². The fraction of sp³-hybridized carbons (Fsp3) is 0.345. The molecule has 11 heteroatoms. The SMILES string of the molecule is COCCOn1c(=O)c(-c2c(Cl)cccc2Cl)cc2cnc(Nc3ccc(N4CCN(C(C)C)CC4)cc3)nc21. The number of hydrogen-bond acceptors (Lipinski definition) is 8. The lowest BCUT2D eigenvalue weighted by Gasteiger charge is -2.38. The van der Waals surface area contributed by atoms with Crippen LogP contribution in [0.1, 0.15) is 13.8 Å². The van der Waals surface area contributed by atoms with Gasteiger partial charge in [0.25, 0.3) is 5.56 Å². The highest BCUT2D eigenvalue weighted by molar-refractivity contribution is 6.39. The Labute approximate surface area is 243 Å². The van der Waals surface area contributed by atoms with Crippen molar-refractivity contribution in [3.63, 3.8) is 0 Å². The summed E-state index contributed by atoms with van der Waals surface area (Å²) < 4.78 is 6.26. The summed E-state index contributed by atoms with van der Waals surface area (Å²) in [5.74, 6) is 0.331. The molecule has 0 aliphatic carbocycles. The van der Waals surface area contributed by atoms with E-state index in [1.807, 2.05) is 12.1 Å². The lowest BCUT2D eigenvalue weighted by atomic mass is 10.1. The number of anilines is 3. The van der Waals surface area contributed by atoms with Gasteiger partial charge in [0.1, 0.15) is 6.61 Å². The Hall–Kier alpha value is -3.37. The van der Waals surface area contributed by atoms with Crippen molar-refractivity contribution in [2.45, 2.75) is 19.9 Å². The molecule has 0 radical (unpaired) electrons. The normalized spacial score (nSPS) is 14.2. The Balaban J connectivity index is 1.43. The summed E-state index contributed by atoms with van der Waals surface area (Å²) in [6, 6.07) is 15.5. The molecule has 0 amide bonds. The van der Waals surface area contributed by atoms with Crippen molar-refractivity contribution >= 4 is 51.6 Å². The lowest BCUT2D eigenvalue weighted by molar-refractivity contribution is 0.0584. The molecule has 1 N–H and O–H groups in total. The van der Waals surface area contributed by atoms with Crippen LogP contribution in [0.3, 0.4) is 0 Å². The third-order valence-corrected chi connectivity index (χ3v) is 7.61. The van der Waals surface area contributed by atoms with Crippen molar-refractivity contribution in [2.24, 2.45) is 0 Å². The van der Waals surface area contributed by atoms with Crippen LogP contribution in [0.25, 0.3) is 22.2 Å². The molecule has 9 nitrogen and oxygen atoms in total. The van der Waals surface area contributed by atoms with Gasteiger partial charge in [-0.2, -0.15) is 4.98 Å². The van der Waals surface area contributed by atoms with Crippen LogP contribution in [0.5, 0.6) is 0 Å². The van der Waals surface area contributed by atoms with E-state index < -0.39 is 5.56 Å². The topological polar surface area (TPSA) is 84.7 Å². The number of nitrogens with zero attached hydrogens (tertiary/aromatic N) is 5. The summed E-state index contributed by atoms with van der Waals surface area (Å²) in [5.41, 5.74) is 2.59. The number of methoxy groups -OCH3 is 1. The molecule has 0 bridgehead atoms. The van der Waals surface area contributed by atoms with Crippen molar-refractivity contribution in [1.82, 2.24) is 19.6 Å². The molecule has 210 valence electrons. The molecule has 0 spiro atoms. The average molecular weight is 584 g/mol. The summed E-state index contributed by atoms with van der Waals surface area (Å²) in [6.45, 7) is 9.03. The second-order valence-corrected chi connectivity index (χ2v) is 10.7. The highest BCUT2D eigenvalue weighted by Gasteiger charge is 2.20. The quantitative estimate of drug-likeness (QED) is 0.272. The maximum atomic E-state index is 13.6. The van der Waals surface area contributed by atoms with Crippen LogP contribution < -0.4 is 20.6 Å². The van der Waals surface area contributed by atoms with Crippen LogP contribution in [0.4, 0.5) is 17.3 Å². The minimum Gasteiger partial charge on any atom is -0.406 e. The Bertz CT molecular complexity index is 1520. The zero-order valence-corrected chi connectivity index (χ0v) is 24.2. The molecule has 1 fully saturated rings. The van der Waals surface area contributed by atoms with Crippen LogP contribution in [0.15, 0.2) is 59.5 Å². The van der Waals surface area contributed by atoms with Crippen LogP contribution in [0.2, 0.25) is 10.0 Å². The number of aromatic nitrogens is 3. The lowest BCUT2D eigenvalue weighted by Crippen LogP contribution is -2.48. The summed E-state index contributed by atoms with van der Waals surface area (Å²) in [7, 11) is 1.56. The first-order chi connectivity index (χ1) is 19.4. The summed E-state index contributed by atoms with van der Waals surface area (Å²) in [4.78, 5) is 33.4. The van der Waals surface area contributed by atoms with E-state index in [-0.39, 0.29) is 12.2 Å². The van der Waals surface area contributed by atoms with Crippen molar-refractivity contribution in [1.29, 1.82) is 0 Å². The fourth-order valence-corrected chi connectivity index (χ4v) is 5.38. The van der Waals surface area contributed by atoms with Gasteiger partial charge in [0.15, 0.2) is 5.65 Å². The van der Waals surface area contributed by atoms with E-state index in [0.717, 1.165) is 36.6 Å². The number of halogens is 2. The first-order valence-electron chi connectivity index (χ1n) is 13.2. The molecule has 1 aliphatic heterocycles. The molecular formula is C29H32Cl2N6O3. The van der Waals surface area contributed by atoms with E-state index in [9.17, 15) is 4.79 Å². The number of rotatable bonds is 9. The van der Waals surface area contributed by atoms with E-state index in [1.54, 1.807) is 37.6 Å². The Morgan fingerprint density at radius 3 is 2.35 bits per heavy atom. The number of nitrogens with one attached hydrogen (secondary N) is 1. The first kappa shape index (κ1) is 28.2. The summed E-state index contributed by atoms with van der Waals surface area (Å²) >= 11 is 12.8. The molecule has 40 heavy (non-hydrogen) atoms. The van der Waals surface area contributed by atoms with Crippen LogP contribution in [-0.2, 0) is 4.74 Å². The van der Waals surface area contributed by atoms with Crippen LogP contribution in [0, 0.1) is 0 Å². The Morgan fingerprint density at radius 1 is 1.00 bits per heavy atom. The standard InChI is InChI=1S/C29H32Cl2N6O3/c1-19(2)35-11-13-36(14-12-35)22-9-7-21(8-10-22)33-29-32-18-20-17-23(26-24(30)5-4-6-25(26)31)28(38)37(27(20)34-29)40-16-15-39-3/h4-10,17-19H,11-16H2,1-3H3,(H,32,33,34). The average Bonchev–Trinajstić information content (AvgIpc) is 2.95. The minimum absolute atomic E-state index is 0.144. The fourth-order valence-electron chi connectivity index (χ4n) is 4.78. The zero-order chi connectivity index (χ0) is 28.2. The highest BCUT2D eigenvalue weighted by Crippen LogP contribution is 2.34. The van der Waals surface area contributed by atoms with Crippen molar-refractivity contribution in [2.75, 3.05) is 56.7 Å². The van der Waals surface area contributed by atoms with Gasteiger partial charge in [-0.1, -0.05) is 29.3 Å². The van der Waals surface area contributed by atoms with Crippen LogP contribution in [-0.4, -0.2) is 72.1 Å². The van der Waals surface area contributed by atoms with Gasteiger partial charge in [-0.15, -0.1) is 4.73 Å². The number of fused-ring (bicyclic) bond motifs is 1. The van der Waals surface area contributed by atoms with Gasteiger partial charge in [0.2, 0.25) is 5.95 Å². The summed E-state index contributed by atoms with van der Waals surface area (Å²) in [6.07, 6.45) is 1.64. The highest BCUT2D eigenvalue weighted by atomic mass is 35.5. The van der Waals surface area contributed by atoms with Gasteiger partial charge in [0, 0.05) is 67.9 Å². The Kier molecular flexibility index (Phi) is 8.75. The van der Waals surface area contributed by atoms with Gasteiger partial charge in [0.05, 0.1) is 22.2 Å². The molecule has 2 aromatic heterocycles. The number of ether oxygens (including phenoxy) is 1. The van der Waals surface area contributed by atoms with E-state index in [0.29, 0.717) is 45.2 Å². The van der Waals surface area contributed by atoms with Gasteiger partial charge in [-0.05, 0) is 56.3 Å². The minimum atomic E-state index is -0.440. The third kappa shape index (κ3) is 6.02. The number of benzene rings is 2. The Morgan fingerprint density at radius 2 is 1.70 bits per heavy atom. The first-order valence-corrected chi connectivity index (χ1v) is 14.0. The van der Waals surface area contributed by atoms with Crippen molar-refractivity contribution < 1.29 is 9.57 Å². The molecule has 5 rings (SSSR count). The molecule has 0 unspecified atom stereocenters. The smallest absolute Gasteiger partial charge is 0.293 e. The van der Waals surface area contributed by atoms with Crippen molar-refractivity contribution in [3.05, 3.63) is 75.1 Å². The molecule has 4 aromatic rings. The molecule has 3 heterocycles. The second-order valence-electron chi connectivity index (χ2n) is 9.84. The van der Waals surface area contributed by atoms with E-state index in [2.05, 4.69) is 51.1 Å². The second kappa shape index (κ2) is 12.4. The van der Waals surface area contributed by atoms with E-state index >= 15 is 0 Å². The molecule has 0 atom stereocenters. The number of piperazine rings is 1. The predicted molar refractivity (Wildman–Crippen MR) is 161 cm³/mol. The van der Waals surface area contributed by atoms with E-state index in [4.69, 9.17) is 32.8 Å². The maximum absolute atomic E-state index is 13.6. The number of pyridine rings is 1. The van der Waals surface area contributed by atoms with Crippen molar-refractivity contribution in [3.8, 4) is 11.1 Å². The third-order valence-electron chi connectivity index (χ3n) is 6.98. The summed E-state index contributed by atoms with van der Waals surface area (Å²) in [5, 5.41) is 4.54. The largest absolute Gasteiger partial charge is 0.406 e.